The molecule has 122 valence electrons. The van der Waals surface area contributed by atoms with Crippen LogP contribution in [-0.2, 0) is 9.53 Å². The highest BCUT2D eigenvalue weighted by Gasteiger charge is 2.44. The van der Waals surface area contributed by atoms with Crippen LogP contribution in [0.5, 0.6) is 0 Å². The van der Waals surface area contributed by atoms with Crippen LogP contribution in [0, 0.1) is 5.92 Å². The summed E-state index contributed by atoms with van der Waals surface area (Å²) in [4.78, 5) is 12.3. The highest BCUT2D eigenvalue weighted by molar-refractivity contribution is 5.89. The average molecular weight is 312 g/mol. The Hall–Kier alpha value is -1.91. The molecular formula is C19H24N2O2. The Bertz CT molecular complexity index is 666. The van der Waals surface area contributed by atoms with Gasteiger partial charge >= 0.3 is 0 Å². The summed E-state index contributed by atoms with van der Waals surface area (Å²) < 4.78 is 4.97. The summed E-state index contributed by atoms with van der Waals surface area (Å²) in [5.41, 5.74) is 1.31. The largest absolute Gasteiger partial charge is 0.383 e. The van der Waals surface area contributed by atoms with Gasteiger partial charge in [-0.15, -0.1) is 0 Å². The second-order valence-corrected chi connectivity index (χ2v) is 6.05. The molecule has 0 aromatic heterocycles. The second-order valence-electron chi connectivity index (χ2n) is 6.05. The maximum absolute atomic E-state index is 12.3. The molecule has 2 unspecified atom stereocenters. The lowest BCUT2D eigenvalue weighted by molar-refractivity contribution is -0.122. The summed E-state index contributed by atoms with van der Waals surface area (Å²) >= 11 is 0. The number of nitrogens with one attached hydrogen (secondary N) is 2. The van der Waals surface area contributed by atoms with Crippen molar-refractivity contribution in [2.24, 2.45) is 5.92 Å². The number of carbonyl (C=O) groups is 1. The maximum Gasteiger partial charge on any atom is 0.223 e. The predicted octanol–water partition coefficient (Wildman–Crippen LogP) is 2.30. The van der Waals surface area contributed by atoms with Gasteiger partial charge in [-0.3, -0.25) is 4.79 Å². The monoisotopic (exact) mass is 312 g/mol. The molecule has 2 N–H and O–H groups in total. The summed E-state index contributed by atoms with van der Waals surface area (Å²) in [6.07, 6.45) is 0.955. The van der Waals surface area contributed by atoms with Crippen LogP contribution in [0.25, 0.3) is 10.8 Å². The summed E-state index contributed by atoms with van der Waals surface area (Å²) in [7, 11) is 1.68. The first-order valence-electron chi connectivity index (χ1n) is 8.26. The lowest BCUT2D eigenvalue weighted by Gasteiger charge is -2.08. The van der Waals surface area contributed by atoms with Crippen molar-refractivity contribution in [3.8, 4) is 0 Å². The molecule has 0 aliphatic heterocycles. The Morgan fingerprint density at radius 2 is 1.96 bits per heavy atom. The minimum Gasteiger partial charge on any atom is -0.383 e. The highest BCUT2D eigenvalue weighted by atomic mass is 16.5. The van der Waals surface area contributed by atoms with E-state index in [0.717, 1.165) is 19.5 Å². The van der Waals surface area contributed by atoms with E-state index in [1.165, 1.54) is 16.3 Å². The molecule has 4 heteroatoms. The quantitative estimate of drug-likeness (QED) is 0.735. The van der Waals surface area contributed by atoms with Gasteiger partial charge in [0.25, 0.3) is 0 Å². The molecule has 1 fully saturated rings. The van der Waals surface area contributed by atoms with Gasteiger partial charge in [-0.05, 0) is 28.7 Å². The first-order chi connectivity index (χ1) is 11.3. The van der Waals surface area contributed by atoms with Crippen molar-refractivity contribution in [1.82, 2.24) is 10.6 Å². The van der Waals surface area contributed by atoms with E-state index in [2.05, 4.69) is 53.1 Å². The van der Waals surface area contributed by atoms with Crippen molar-refractivity contribution in [2.75, 3.05) is 33.4 Å². The van der Waals surface area contributed by atoms with Crippen molar-refractivity contribution in [2.45, 2.75) is 12.3 Å². The van der Waals surface area contributed by atoms with Crippen molar-refractivity contribution in [3.05, 3.63) is 48.0 Å². The molecule has 0 radical (unpaired) electrons. The summed E-state index contributed by atoms with van der Waals surface area (Å²) in [6.45, 7) is 2.95. The Kier molecular flexibility index (Phi) is 5.26. The normalized spacial score (nSPS) is 19.7. The van der Waals surface area contributed by atoms with E-state index in [4.69, 9.17) is 4.74 Å². The second kappa shape index (κ2) is 7.57. The third-order valence-corrected chi connectivity index (χ3v) is 4.43. The molecule has 1 saturated carbocycles. The van der Waals surface area contributed by atoms with Crippen molar-refractivity contribution in [1.29, 1.82) is 0 Å². The number of benzene rings is 2. The van der Waals surface area contributed by atoms with E-state index in [1.807, 2.05) is 0 Å². The zero-order chi connectivity index (χ0) is 16.1. The third kappa shape index (κ3) is 3.89. The molecular weight excluding hydrogens is 288 g/mol. The molecule has 0 saturated heterocycles. The number of carbonyl (C=O) groups excluding carboxylic acids is 1. The van der Waals surface area contributed by atoms with Gasteiger partial charge in [0.15, 0.2) is 0 Å². The van der Waals surface area contributed by atoms with Crippen LogP contribution in [0.1, 0.15) is 17.9 Å². The lowest BCUT2D eigenvalue weighted by atomic mass is 10.00. The van der Waals surface area contributed by atoms with Gasteiger partial charge in [0.05, 0.1) is 6.61 Å². The minimum absolute atomic E-state index is 0.125. The fourth-order valence-corrected chi connectivity index (χ4v) is 3.11. The smallest absolute Gasteiger partial charge is 0.223 e. The Balaban J connectivity index is 1.51. The van der Waals surface area contributed by atoms with Crippen LogP contribution < -0.4 is 10.6 Å². The van der Waals surface area contributed by atoms with Crippen LogP contribution in [0.3, 0.4) is 0 Å². The molecule has 2 aromatic carbocycles. The maximum atomic E-state index is 12.3. The molecule has 2 aromatic rings. The van der Waals surface area contributed by atoms with Crippen LogP contribution in [0.15, 0.2) is 42.5 Å². The Morgan fingerprint density at radius 3 is 2.83 bits per heavy atom. The van der Waals surface area contributed by atoms with Crippen molar-refractivity contribution < 1.29 is 9.53 Å². The van der Waals surface area contributed by atoms with E-state index in [1.54, 1.807) is 7.11 Å². The zero-order valence-corrected chi connectivity index (χ0v) is 13.5. The zero-order valence-electron chi connectivity index (χ0n) is 13.5. The van der Waals surface area contributed by atoms with E-state index in [0.29, 0.717) is 19.1 Å². The van der Waals surface area contributed by atoms with Crippen molar-refractivity contribution >= 4 is 16.7 Å². The van der Waals surface area contributed by atoms with Gasteiger partial charge in [0, 0.05) is 32.7 Å². The molecule has 0 heterocycles. The first-order valence-corrected chi connectivity index (χ1v) is 8.26. The molecule has 3 rings (SSSR count). The number of fused-ring (bicyclic) bond motifs is 1. The third-order valence-electron chi connectivity index (χ3n) is 4.43. The van der Waals surface area contributed by atoms with Gasteiger partial charge < -0.3 is 15.4 Å². The predicted molar refractivity (Wildman–Crippen MR) is 92.6 cm³/mol. The van der Waals surface area contributed by atoms with Crippen LogP contribution in [-0.4, -0.2) is 39.3 Å². The highest BCUT2D eigenvalue weighted by Crippen LogP contribution is 2.49. The summed E-state index contributed by atoms with van der Waals surface area (Å²) in [6, 6.07) is 14.8. The molecule has 1 aliphatic rings. The van der Waals surface area contributed by atoms with Gasteiger partial charge in [-0.25, -0.2) is 0 Å². The van der Waals surface area contributed by atoms with Gasteiger partial charge in [-0.2, -0.15) is 0 Å². The topological polar surface area (TPSA) is 50.4 Å². The summed E-state index contributed by atoms with van der Waals surface area (Å²) in [5, 5.41) is 8.78. The van der Waals surface area contributed by atoms with Crippen LogP contribution >= 0.6 is 0 Å². The number of hydrogen-bond donors (Lipinski definition) is 2. The van der Waals surface area contributed by atoms with Crippen LogP contribution in [0.4, 0.5) is 0 Å². The minimum atomic E-state index is 0.125. The first kappa shape index (κ1) is 16.0. The number of methoxy groups -OCH3 is 1. The van der Waals surface area contributed by atoms with E-state index >= 15 is 0 Å². The summed E-state index contributed by atoms with van der Waals surface area (Å²) in [5.74, 6) is 0.666. The van der Waals surface area contributed by atoms with Crippen LogP contribution in [0.2, 0.25) is 0 Å². The molecule has 0 bridgehead atoms. The molecule has 23 heavy (non-hydrogen) atoms. The number of rotatable bonds is 8. The van der Waals surface area contributed by atoms with E-state index in [-0.39, 0.29) is 11.8 Å². The molecule has 4 nitrogen and oxygen atoms in total. The lowest BCUT2D eigenvalue weighted by Crippen LogP contribution is -2.34. The van der Waals surface area contributed by atoms with Gasteiger partial charge in [0.2, 0.25) is 5.91 Å². The number of hydrogen-bond acceptors (Lipinski definition) is 3. The number of ether oxygens (including phenoxy) is 1. The fraction of sp³-hybridized carbons (Fsp3) is 0.421. The molecule has 1 aliphatic carbocycles. The fourth-order valence-electron chi connectivity index (χ4n) is 3.11. The van der Waals surface area contributed by atoms with Gasteiger partial charge in [0.1, 0.15) is 0 Å². The Labute approximate surface area is 137 Å². The van der Waals surface area contributed by atoms with E-state index in [9.17, 15) is 4.79 Å². The standard InChI is InChI=1S/C19H24N2O2/c1-23-12-11-20-9-10-21-19(22)18-13-17(18)16-8-4-6-14-5-2-3-7-15(14)16/h2-8,17-18,20H,9-13H2,1H3,(H,21,22). The number of amides is 1. The SMILES string of the molecule is COCCNCCNC(=O)C1CC1c1cccc2ccccc12. The molecule has 0 spiro atoms. The Morgan fingerprint density at radius 1 is 1.13 bits per heavy atom. The average Bonchev–Trinajstić information content (AvgIpc) is 3.38. The molecule has 2 atom stereocenters. The van der Waals surface area contributed by atoms with Crippen molar-refractivity contribution in [3.63, 3.8) is 0 Å². The molecule has 1 amide bonds. The van der Waals surface area contributed by atoms with Gasteiger partial charge in [-0.1, -0.05) is 42.5 Å². The van der Waals surface area contributed by atoms with E-state index < -0.39 is 0 Å².